The molecule has 0 bridgehead atoms. The molecular formula is C18H17F2NO2S. The largest absolute Gasteiger partial charge is 0.494 e. The molecule has 1 saturated heterocycles. The van der Waals surface area contributed by atoms with Crippen LogP contribution in [0.5, 0.6) is 5.75 Å². The van der Waals surface area contributed by atoms with Crippen LogP contribution in [0, 0.1) is 11.6 Å². The van der Waals surface area contributed by atoms with E-state index in [0.717, 1.165) is 17.4 Å². The van der Waals surface area contributed by atoms with Gasteiger partial charge in [-0.1, -0.05) is 18.2 Å². The summed E-state index contributed by atoms with van der Waals surface area (Å²) in [4.78, 5) is 13.8. The summed E-state index contributed by atoms with van der Waals surface area (Å²) in [5, 5.41) is -0.206. The minimum Gasteiger partial charge on any atom is -0.494 e. The molecule has 1 fully saturated rings. The molecule has 1 aliphatic heterocycles. The van der Waals surface area contributed by atoms with Crippen molar-refractivity contribution in [3.63, 3.8) is 0 Å². The van der Waals surface area contributed by atoms with E-state index in [1.165, 1.54) is 23.9 Å². The van der Waals surface area contributed by atoms with Crippen LogP contribution in [0.3, 0.4) is 0 Å². The Labute approximate surface area is 143 Å². The van der Waals surface area contributed by atoms with Gasteiger partial charge in [0, 0.05) is 18.2 Å². The molecule has 1 aliphatic rings. The summed E-state index contributed by atoms with van der Waals surface area (Å²) in [5.74, 6) is -0.244. The van der Waals surface area contributed by atoms with Crippen molar-refractivity contribution in [1.82, 2.24) is 4.90 Å². The number of halogens is 2. The first-order chi connectivity index (χ1) is 11.6. The number of hydrogen-bond acceptors (Lipinski definition) is 3. The fourth-order valence-corrected chi connectivity index (χ4v) is 3.84. The van der Waals surface area contributed by atoms with Gasteiger partial charge in [0.25, 0.3) is 0 Å². The first kappa shape index (κ1) is 16.8. The van der Waals surface area contributed by atoms with E-state index in [1.807, 2.05) is 31.2 Å². The monoisotopic (exact) mass is 349 g/mol. The summed E-state index contributed by atoms with van der Waals surface area (Å²) in [7, 11) is 0. The van der Waals surface area contributed by atoms with Gasteiger partial charge in [0.1, 0.15) is 22.8 Å². The number of rotatable bonds is 5. The first-order valence-corrected chi connectivity index (χ1v) is 8.71. The predicted octanol–water partition coefficient (Wildman–Crippen LogP) is 4.14. The maximum Gasteiger partial charge on any atom is 0.234 e. The van der Waals surface area contributed by atoms with Gasteiger partial charge < -0.3 is 9.64 Å². The van der Waals surface area contributed by atoms with Gasteiger partial charge in [0.2, 0.25) is 5.91 Å². The van der Waals surface area contributed by atoms with Crippen molar-refractivity contribution in [3.8, 4) is 5.75 Å². The van der Waals surface area contributed by atoms with E-state index in [0.29, 0.717) is 17.9 Å². The second kappa shape index (κ2) is 7.21. The number of carbonyl (C=O) groups excluding carboxylic acids is 1. The van der Waals surface area contributed by atoms with Gasteiger partial charge in [-0.15, -0.1) is 11.8 Å². The van der Waals surface area contributed by atoms with Crippen LogP contribution >= 0.6 is 11.8 Å². The van der Waals surface area contributed by atoms with Gasteiger partial charge in [-0.3, -0.25) is 4.79 Å². The zero-order chi connectivity index (χ0) is 17.1. The predicted molar refractivity (Wildman–Crippen MR) is 89.7 cm³/mol. The number of benzene rings is 2. The number of thioether (sulfide) groups is 1. The van der Waals surface area contributed by atoms with Crippen molar-refractivity contribution in [1.29, 1.82) is 0 Å². The molecule has 1 amide bonds. The van der Waals surface area contributed by atoms with E-state index in [4.69, 9.17) is 4.74 Å². The molecule has 1 atom stereocenters. The van der Waals surface area contributed by atoms with E-state index in [2.05, 4.69) is 0 Å². The van der Waals surface area contributed by atoms with Crippen LogP contribution in [0.15, 0.2) is 42.5 Å². The molecule has 0 saturated carbocycles. The maximum atomic E-state index is 13.9. The molecule has 126 valence electrons. The van der Waals surface area contributed by atoms with Crippen LogP contribution in [-0.4, -0.2) is 23.2 Å². The van der Waals surface area contributed by atoms with Gasteiger partial charge in [-0.2, -0.15) is 0 Å². The van der Waals surface area contributed by atoms with Crippen LogP contribution in [0.25, 0.3) is 0 Å². The number of amides is 1. The number of hydrogen-bond donors (Lipinski definition) is 0. The van der Waals surface area contributed by atoms with Gasteiger partial charge in [-0.05, 0) is 30.7 Å². The Bertz CT molecular complexity index is 754. The minimum atomic E-state index is -0.637. The molecule has 1 unspecified atom stereocenters. The second-order valence-corrected chi connectivity index (χ2v) is 6.49. The lowest BCUT2D eigenvalue weighted by Gasteiger charge is -2.25. The molecule has 2 aromatic rings. The summed E-state index contributed by atoms with van der Waals surface area (Å²) in [6, 6.07) is 11.0. The quantitative estimate of drug-likeness (QED) is 0.813. The molecule has 0 spiro atoms. The normalized spacial score (nSPS) is 17.4. The average molecular weight is 349 g/mol. The Morgan fingerprint density at radius 1 is 1.25 bits per heavy atom. The zero-order valence-corrected chi connectivity index (χ0v) is 14.0. The van der Waals surface area contributed by atoms with Crippen molar-refractivity contribution in [2.45, 2.75) is 18.8 Å². The molecule has 1 heterocycles. The van der Waals surface area contributed by atoms with Gasteiger partial charge in [0.15, 0.2) is 0 Å². The molecule has 3 rings (SSSR count). The van der Waals surface area contributed by atoms with Crippen molar-refractivity contribution < 1.29 is 18.3 Å². The zero-order valence-electron chi connectivity index (χ0n) is 13.2. The van der Waals surface area contributed by atoms with Crippen LogP contribution in [0.1, 0.15) is 23.4 Å². The molecule has 24 heavy (non-hydrogen) atoms. The van der Waals surface area contributed by atoms with E-state index in [9.17, 15) is 13.6 Å². The van der Waals surface area contributed by atoms with Crippen molar-refractivity contribution in [3.05, 3.63) is 65.2 Å². The van der Waals surface area contributed by atoms with Crippen molar-refractivity contribution in [2.24, 2.45) is 0 Å². The van der Waals surface area contributed by atoms with E-state index >= 15 is 0 Å². The third-order valence-electron chi connectivity index (χ3n) is 3.78. The Morgan fingerprint density at radius 2 is 2.08 bits per heavy atom. The average Bonchev–Trinajstić information content (AvgIpc) is 2.92. The summed E-state index contributed by atoms with van der Waals surface area (Å²) in [6.07, 6.45) is 0. The van der Waals surface area contributed by atoms with Gasteiger partial charge in [-0.25, -0.2) is 8.78 Å². The number of nitrogens with zero attached hydrogens (tertiary/aromatic N) is 1. The standard InChI is InChI=1S/C18H17F2NO2S/c1-2-23-15-5-3-4-12(8-15)18-21(17(22)11-24-18)10-13-6-7-14(19)9-16(13)20/h3-9,18H,2,10-11H2,1H3. The minimum absolute atomic E-state index is 0.0597. The summed E-state index contributed by atoms with van der Waals surface area (Å²) in [5.41, 5.74) is 1.23. The number of carbonyl (C=O) groups is 1. The lowest BCUT2D eigenvalue weighted by atomic mass is 10.1. The summed E-state index contributed by atoms with van der Waals surface area (Å²) >= 11 is 1.49. The molecule has 0 aliphatic carbocycles. The highest BCUT2D eigenvalue weighted by Gasteiger charge is 2.33. The lowest BCUT2D eigenvalue weighted by Crippen LogP contribution is -2.28. The van der Waals surface area contributed by atoms with Gasteiger partial charge in [0.05, 0.1) is 12.4 Å². The highest BCUT2D eigenvalue weighted by atomic mass is 32.2. The Morgan fingerprint density at radius 3 is 2.83 bits per heavy atom. The van der Waals surface area contributed by atoms with E-state index in [1.54, 1.807) is 4.90 Å². The van der Waals surface area contributed by atoms with E-state index in [-0.39, 0.29) is 17.8 Å². The highest BCUT2D eigenvalue weighted by Crippen LogP contribution is 2.40. The van der Waals surface area contributed by atoms with Crippen LogP contribution in [0.4, 0.5) is 8.78 Å². The number of ether oxygens (including phenoxy) is 1. The highest BCUT2D eigenvalue weighted by molar-refractivity contribution is 8.00. The third kappa shape index (κ3) is 3.53. The fourth-order valence-electron chi connectivity index (χ4n) is 2.66. The molecular weight excluding hydrogens is 332 g/mol. The maximum absolute atomic E-state index is 13.9. The first-order valence-electron chi connectivity index (χ1n) is 7.66. The molecule has 0 N–H and O–H groups in total. The molecule has 6 heteroatoms. The van der Waals surface area contributed by atoms with Crippen LogP contribution < -0.4 is 4.74 Å². The van der Waals surface area contributed by atoms with Crippen molar-refractivity contribution in [2.75, 3.05) is 12.4 Å². The lowest BCUT2D eigenvalue weighted by molar-refractivity contribution is -0.128. The summed E-state index contributed by atoms with van der Waals surface area (Å²) in [6.45, 7) is 2.58. The second-order valence-electron chi connectivity index (χ2n) is 5.43. The smallest absolute Gasteiger partial charge is 0.234 e. The molecule has 2 aromatic carbocycles. The van der Waals surface area contributed by atoms with Crippen LogP contribution in [0.2, 0.25) is 0 Å². The topological polar surface area (TPSA) is 29.5 Å². The molecule has 0 radical (unpaired) electrons. The van der Waals surface area contributed by atoms with Gasteiger partial charge >= 0.3 is 0 Å². The Balaban J connectivity index is 1.85. The van der Waals surface area contributed by atoms with Crippen molar-refractivity contribution >= 4 is 17.7 Å². The third-order valence-corrected chi connectivity index (χ3v) is 5.03. The summed E-state index contributed by atoms with van der Waals surface area (Å²) < 4.78 is 32.5. The Hall–Kier alpha value is -2.08. The van der Waals surface area contributed by atoms with Crippen LogP contribution in [-0.2, 0) is 11.3 Å². The fraction of sp³-hybridized carbons (Fsp3) is 0.278. The Kier molecular flexibility index (Phi) is 5.04. The van der Waals surface area contributed by atoms with E-state index < -0.39 is 11.6 Å². The molecule has 3 nitrogen and oxygen atoms in total. The molecule has 0 aromatic heterocycles. The SMILES string of the molecule is CCOc1cccc(C2SCC(=O)N2Cc2ccc(F)cc2F)c1.